The van der Waals surface area contributed by atoms with Crippen LogP contribution in [0.4, 0.5) is 0 Å². The van der Waals surface area contributed by atoms with Gasteiger partial charge < -0.3 is 14.8 Å². The second-order valence-corrected chi connectivity index (χ2v) is 7.63. The van der Waals surface area contributed by atoms with Crippen LogP contribution < -0.4 is 14.8 Å². The predicted octanol–water partition coefficient (Wildman–Crippen LogP) is 4.66. The normalized spacial score (nSPS) is 12.4. The molecule has 0 saturated carbocycles. The van der Waals surface area contributed by atoms with Crippen molar-refractivity contribution in [2.24, 2.45) is 5.41 Å². The Morgan fingerprint density at radius 1 is 1.05 bits per heavy atom. The van der Waals surface area contributed by atoms with E-state index in [4.69, 9.17) is 21.1 Å². The summed E-state index contributed by atoms with van der Waals surface area (Å²) >= 11 is 6.41. The second-order valence-electron chi connectivity index (χ2n) is 7.25. The van der Waals surface area contributed by atoms with Crippen LogP contribution in [0.5, 0.6) is 11.5 Å². The van der Waals surface area contributed by atoms with Crippen molar-refractivity contribution in [3.05, 3.63) is 22.7 Å². The van der Waals surface area contributed by atoms with Gasteiger partial charge in [0.25, 0.3) is 0 Å². The van der Waals surface area contributed by atoms with Gasteiger partial charge in [-0.2, -0.15) is 0 Å². The van der Waals surface area contributed by atoms with Crippen LogP contribution in [0.2, 0.25) is 5.02 Å². The molecule has 0 unspecified atom stereocenters. The minimum absolute atomic E-state index is 0.0365. The van der Waals surface area contributed by atoms with E-state index in [1.165, 1.54) is 0 Å². The molecule has 0 bridgehead atoms. The number of halogens is 1. The molecule has 1 aromatic rings. The molecule has 0 aliphatic rings. The summed E-state index contributed by atoms with van der Waals surface area (Å²) in [6.07, 6.45) is 1.07. The first-order valence-corrected chi connectivity index (χ1v) is 7.62. The molecule has 1 rings (SSSR count). The smallest absolute Gasteiger partial charge is 0.179 e. The molecule has 0 radical (unpaired) electrons. The van der Waals surface area contributed by atoms with E-state index in [1.807, 2.05) is 12.1 Å². The summed E-state index contributed by atoms with van der Waals surface area (Å²) in [7, 11) is 3.21. The van der Waals surface area contributed by atoms with Crippen LogP contribution >= 0.6 is 11.6 Å². The Kier molecular flexibility index (Phi) is 5.94. The lowest BCUT2D eigenvalue weighted by Crippen LogP contribution is -2.41. The molecule has 3 nitrogen and oxygen atoms in total. The zero-order chi connectivity index (χ0) is 16.3. The van der Waals surface area contributed by atoms with Gasteiger partial charge in [0.1, 0.15) is 0 Å². The zero-order valence-electron chi connectivity index (χ0n) is 14.3. The molecule has 1 N–H and O–H groups in total. The highest BCUT2D eigenvalue weighted by molar-refractivity contribution is 6.33. The standard InChI is InChI=1S/C17H28ClNO2/c1-16(2,3)11-17(4,5)19-10-12-8-9-13(20-6)15(21-7)14(12)18/h8-9,19H,10-11H2,1-7H3. The van der Waals surface area contributed by atoms with Crippen LogP contribution in [0, 0.1) is 5.41 Å². The van der Waals surface area contributed by atoms with Gasteiger partial charge in [-0.3, -0.25) is 0 Å². The summed E-state index contributed by atoms with van der Waals surface area (Å²) in [4.78, 5) is 0. The van der Waals surface area contributed by atoms with Crippen molar-refractivity contribution in [1.82, 2.24) is 5.32 Å². The van der Waals surface area contributed by atoms with Crippen molar-refractivity contribution in [2.45, 2.75) is 53.1 Å². The molecule has 4 heteroatoms. The van der Waals surface area contributed by atoms with Crippen molar-refractivity contribution in [3.63, 3.8) is 0 Å². The number of benzene rings is 1. The Labute approximate surface area is 134 Å². The third kappa shape index (κ3) is 5.40. The van der Waals surface area contributed by atoms with E-state index in [0.29, 0.717) is 23.1 Å². The van der Waals surface area contributed by atoms with Crippen LogP contribution in [-0.2, 0) is 6.54 Å². The Hall–Kier alpha value is -0.930. The minimum atomic E-state index is 0.0365. The lowest BCUT2D eigenvalue weighted by molar-refractivity contribution is 0.240. The van der Waals surface area contributed by atoms with Gasteiger partial charge in [0.2, 0.25) is 0 Å². The van der Waals surface area contributed by atoms with Crippen LogP contribution in [0.3, 0.4) is 0 Å². The topological polar surface area (TPSA) is 30.5 Å². The third-order valence-electron chi connectivity index (χ3n) is 3.29. The molecule has 120 valence electrons. The zero-order valence-corrected chi connectivity index (χ0v) is 15.0. The number of nitrogens with one attached hydrogen (secondary N) is 1. The summed E-state index contributed by atoms with van der Waals surface area (Å²) in [6, 6.07) is 3.86. The number of hydrogen-bond donors (Lipinski definition) is 1. The van der Waals surface area contributed by atoms with Crippen molar-refractivity contribution in [1.29, 1.82) is 0 Å². The Morgan fingerprint density at radius 2 is 1.67 bits per heavy atom. The van der Waals surface area contributed by atoms with E-state index >= 15 is 0 Å². The summed E-state index contributed by atoms with van der Waals surface area (Å²) in [6.45, 7) is 11.9. The molecular formula is C17H28ClNO2. The summed E-state index contributed by atoms with van der Waals surface area (Å²) in [5, 5.41) is 4.19. The van der Waals surface area contributed by atoms with Gasteiger partial charge in [0, 0.05) is 12.1 Å². The SMILES string of the molecule is COc1ccc(CNC(C)(C)CC(C)(C)C)c(Cl)c1OC. The largest absolute Gasteiger partial charge is 0.493 e. The highest BCUT2D eigenvalue weighted by Gasteiger charge is 2.25. The lowest BCUT2D eigenvalue weighted by atomic mass is 9.82. The van der Waals surface area contributed by atoms with Crippen LogP contribution in [-0.4, -0.2) is 19.8 Å². The Morgan fingerprint density at radius 3 is 2.14 bits per heavy atom. The number of rotatable bonds is 6. The van der Waals surface area contributed by atoms with Gasteiger partial charge in [0.15, 0.2) is 11.5 Å². The molecule has 21 heavy (non-hydrogen) atoms. The number of ether oxygens (including phenoxy) is 2. The van der Waals surface area contributed by atoms with Gasteiger partial charge in [0.05, 0.1) is 19.2 Å². The van der Waals surface area contributed by atoms with Crippen molar-refractivity contribution in [2.75, 3.05) is 14.2 Å². The summed E-state index contributed by atoms with van der Waals surface area (Å²) in [5.74, 6) is 1.24. The molecule has 0 amide bonds. The monoisotopic (exact) mass is 313 g/mol. The summed E-state index contributed by atoms with van der Waals surface area (Å²) in [5.41, 5.74) is 1.32. The van der Waals surface area contributed by atoms with E-state index in [1.54, 1.807) is 14.2 Å². The number of methoxy groups -OCH3 is 2. The molecule has 0 spiro atoms. The highest BCUT2D eigenvalue weighted by Crippen LogP contribution is 2.37. The van der Waals surface area contributed by atoms with Crippen molar-refractivity contribution in [3.8, 4) is 11.5 Å². The van der Waals surface area contributed by atoms with E-state index in [-0.39, 0.29) is 11.0 Å². The average Bonchev–Trinajstić information content (AvgIpc) is 2.34. The fraction of sp³-hybridized carbons (Fsp3) is 0.647. The first-order valence-electron chi connectivity index (χ1n) is 7.24. The second kappa shape index (κ2) is 6.89. The molecule has 0 aliphatic heterocycles. The average molecular weight is 314 g/mol. The fourth-order valence-corrected chi connectivity index (χ4v) is 3.09. The van der Waals surface area contributed by atoms with Gasteiger partial charge in [-0.1, -0.05) is 38.4 Å². The molecular weight excluding hydrogens is 286 g/mol. The van der Waals surface area contributed by atoms with Gasteiger partial charge >= 0.3 is 0 Å². The molecule has 1 aromatic carbocycles. The third-order valence-corrected chi connectivity index (χ3v) is 3.71. The van der Waals surface area contributed by atoms with Crippen LogP contribution in [0.15, 0.2) is 12.1 Å². The number of hydrogen-bond acceptors (Lipinski definition) is 3. The van der Waals surface area contributed by atoms with Crippen LogP contribution in [0.25, 0.3) is 0 Å². The van der Waals surface area contributed by atoms with Gasteiger partial charge in [-0.25, -0.2) is 0 Å². The first kappa shape index (κ1) is 18.1. The fourth-order valence-electron chi connectivity index (χ4n) is 2.79. The van der Waals surface area contributed by atoms with E-state index < -0.39 is 0 Å². The lowest BCUT2D eigenvalue weighted by Gasteiger charge is -2.33. The van der Waals surface area contributed by atoms with E-state index in [2.05, 4.69) is 39.9 Å². The predicted molar refractivity (Wildman–Crippen MR) is 89.5 cm³/mol. The van der Waals surface area contributed by atoms with Crippen LogP contribution in [0.1, 0.15) is 46.6 Å². The maximum Gasteiger partial charge on any atom is 0.179 e. The molecule has 0 aliphatic carbocycles. The maximum atomic E-state index is 6.41. The van der Waals surface area contributed by atoms with Gasteiger partial charge in [-0.15, -0.1) is 0 Å². The molecule has 0 aromatic heterocycles. The molecule has 0 heterocycles. The molecule has 0 saturated heterocycles. The highest BCUT2D eigenvalue weighted by atomic mass is 35.5. The Bertz CT molecular complexity index is 478. The van der Waals surface area contributed by atoms with Crippen molar-refractivity contribution < 1.29 is 9.47 Å². The maximum absolute atomic E-state index is 6.41. The molecule has 0 atom stereocenters. The minimum Gasteiger partial charge on any atom is -0.493 e. The summed E-state index contributed by atoms with van der Waals surface area (Å²) < 4.78 is 10.6. The Balaban J connectivity index is 2.85. The van der Waals surface area contributed by atoms with Gasteiger partial charge in [-0.05, 0) is 37.3 Å². The first-order chi connectivity index (χ1) is 9.59. The van der Waals surface area contributed by atoms with Crippen molar-refractivity contribution >= 4 is 11.6 Å². The van der Waals surface area contributed by atoms with E-state index in [9.17, 15) is 0 Å². The molecule has 0 fully saturated rings. The quantitative estimate of drug-likeness (QED) is 0.828. The van der Waals surface area contributed by atoms with E-state index in [0.717, 1.165) is 12.0 Å².